The zero-order valence-corrected chi connectivity index (χ0v) is 39.0. The lowest BCUT2D eigenvalue weighted by molar-refractivity contribution is 0.543. The molecule has 1 heterocycles. The predicted octanol–water partition coefficient (Wildman–Crippen LogP) is 15.5. The second kappa shape index (κ2) is 24.2. The molecule has 0 nitrogen and oxygen atoms in total. The summed E-state index contributed by atoms with van der Waals surface area (Å²) >= 11 is 0. The highest BCUT2D eigenvalue weighted by Gasteiger charge is 2.44. The summed E-state index contributed by atoms with van der Waals surface area (Å²) in [6, 6.07) is 71.9. The molecule has 6 aromatic rings. The smallest absolute Gasteiger partial charge is 0.00600 e. The van der Waals surface area contributed by atoms with Crippen molar-refractivity contribution in [2.75, 3.05) is 12.3 Å². The van der Waals surface area contributed by atoms with E-state index < -0.39 is 44.4 Å². The van der Waals surface area contributed by atoms with Gasteiger partial charge in [-0.25, -0.2) is 0 Å². The van der Waals surface area contributed by atoms with Crippen molar-refractivity contribution in [3.05, 3.63) is 182 Å². The molecule has 0 aliphatic carbocycles. The average Bonchev–Trinajstić information content (AvgIpc) is 3.28. The molecule has 1 aliphatic rings. The second-order valence-corrected chi connectivity index (χ2v) is 39.2. The monoisotopic (exact) mass is 858 g/mol. The van der Waals surface area contributed by atoms with Gasteiger partial charge < -0.3 is 0 Å². The Morgan fingerprint density at radius 2 is 0.386 bits per heavy atom. The standard InChI is InChI=1S/C51H60P6/c1-2-4-6-8-10-30-44-52(46-32-18-12-19-33-46)54(48-36-22-14-23-37-48)56(50-40-26-16-27-41-50)57(51-42-28-17-29-43-51)55(49-38-24-15-25-39-49)53(47-34-20-13-21-35-47)45-31-11-9-7-5-3-1/h12-29,32-43H,1-11,30-31,44-45H2. The zero-order valence-electron chi connectivity index (χ0n) is 33.6. The van der Waals surface area contributed by atoms with Crippen molar-refractivity contribution in [1.82, 2.24) is 0 Å². The van der Waals surface area contributed by atoms with Crippen LogP contribution < -0.4 is 31.8 Å². The molecule has 6 atom stereocenters. The molecule has 6 unspecified atom stereocenters. The molecule has 294 valence electrons. The maximum absolute atomic E-state index is 2.55. The number of hydrogen-bond donors (Lipinski definition) is 0. The third kappa shape index (κ3) is 12.5. The van der Waals surface area contributed by atoms with Crippen molar-refractivity contribution >= 4 is 76.2 Å². The highest BCUT2D eigenvalue weighted by atomic mass is 32.8. The maximum Gasteiger partial charge on any atom is -0.00600 e. The predicted molar refractivity (Wildman–Crippen MR) is 268 cm³/mol. The van der Waals surface area contributed by atoms with Gasteiger partial charge in [-0.05, 0) is 101 Å². The minimum Gasteiger partial charge on any atom is -0.0622 e. The Bertz CT molecular complexity index is 1800. The fourth-order valence-corrected chi connectivity index (χ4v) is 63.6. The van der Waals surface area contributed by atoms with Crippen LogP contribution in [0.15, 0.2) is 182 Å². The summed E-state index contributed by atoms with van der Waals surface area (Å²) in [7, 11) is -3.31. The maximum atomic E-state index is 2.55. The number of hydrogen-bond acceptors (Lipinski definition) is 0. The van der Waals surface area contributed by atoms with Gasteiger partial charge in [0.05, 0.1) is 0 Å². The summed E-state index contributed by atoms with van der Waals surface area (Å²) in [5.41, 5.74) is 0. The Morgan fingerprint density at radius 1 is 0.193 bits per heavy atom. The molecule has 7 rings (SSSR count). The van der Waals surface area contributed by atoms with E-state index in [4.69, 9.17) is 0 Å². The topological polar surface area (TPSA) is 0 Å². The first-order chi connectivity index (χ1) is 28.4. The minimum absolute atomic E-state index is 0.457. The van der Waals surface area contributed by atoms with E-state index in [1.165, 1.54) is 95.8 Å². The first-order valence-corrected chi connectivity index (χ1v) is 33.4. The van der Waals surface area contributed by atoms with Crippen molar-refractivity contribution in [2.24, 2.45) is 0 Å². The van der Waals surface area contributed by atoms with Gasteiger partial charge in [-0.2, -0.15) is 0 Å². The SMILES string of the molecule is c1ccc(P2CCCCCCCCCCCCCCCP(c3ccccc3)P(c3ccccc3)P(c3ccccc3)P(c3ccccc3)P2c2ccccc2)cc1. The third-order valence-electron chi connectivity index (χ3n) is 10.8. The van der Waals surface area contributed by atoms with Crippen LogP contribution in [-0.2, 0) is 0 Å². The van der Waals surface area contributed by atoms with Gasteiger partial charge in [0.15, 0.2) is 0 Å². The quantitative estimate of drug-likeness (QED) is 0.146. The van der Waals surface area contributed by atoms with Crippen LogP contribution in [0.4, 0.5) is 0 Å². The lowest BCUT2D eigenvalue weighted by Crippen LogP contribution is -2.15. The van der Waals surface area contributed by atoms with Crippen LogP contribution in [0.5, 0.6) is 0 Å². The third-order valence-corrected chi connectivity index (χ3v) is 50.6. The second-order valence-electron chi connectivity index (χ2n) is 15.0. The summed E-state index contributed by atoms with van der Waals surface area (Å²) in [4.78, 5) is 0. The summed E-state index contributed by atoms with van der Waals surface area (Å²) in [5, 5.41) is 9.69. The van der Waals surface area contributed by atoms with Crippen molar-refractivity contribution < 1.29 is 0 Å². The van der Waals surface area contributed by atoms with Crippen molar-refractivity contribution in [3.63, 3.8) is 0 Å². The van der Waals surface area contributed by atoms with Crippen LogP contribution in [0.1, 0.15) is 83.5 Å². The molecule has 57 heavy (non-hydrogen) atoms. The van der Waals surface area contributed by atoms with E-state index in [1.807, 2.05) is 0 Å². The van der Waals surface area contributed by atoms with E-state index in [9.17, 15) is 0 Å². The summed E-state index contributed by atoms with van der Waals surface area (Å²) in [5.74, 6) is 0. The van der Waals surface area contributed by atoms with E-state index in [-0.39, 0.29) is 0 Å². The summed E-state index contributed by atoms with van der Waals surface area (Å²) in [6.45, 7) is 0. The Kier molecular flexibility index (Phi) is 18.3. The van der Waals surface area contributed by atoms with E-state index in [0.717, 1.165) is 0 Å². The van der Waals surface area contributed by atoms with Gasteiger partial charge in [0.1, 0.15) is 0 Å². The molecular weight excluding hydrogens is 798 g/mol. The Labute approximate surface area is 352 Å². The van der Waals surface area contributed by atoms with Crippen LogP contribution >= 0.6 is 44.4 Å². The molecule has 6 aromatic carbocycles. The first kappa shape index (κ1) is 43.0. The molecule has 0 spiro atoms. The Hall–Kier alpha value is -2.10. The number of rotatable bonds is 6. The van der Waals surface area contributed by atoms with Gasteiger partial charge in [0.2, 0.25) is 0 Å². The molecular formula is C51H60P6. The van der Waals surface area contributed by atoms with Gasteiger partial charge in [-0.1, -0.05) is 253 Å². The van der Waals surface area contributed by atoms with Crippen molar-refractivity contribution in [2.45, 2.75) is 83.5 Å². The molecule has 0 radical (unpaired) electrons. The molecule has 0 aromatic heterocycles. The van der Waals surface area contributed by atoms with Gasteiger partial charge in [0, 0.05) is 0 Å². The molecule has 0 N–H and O–H groups in total. The fourth-order valence-electron chi connectivity index (χ4n) is 7.88. The molecule has 0 amide bonds. The molecule has 1 fully saturated rings. The van der Waals surface area contributed by atoms with Crippen LogP contribution in [0, 0.1) is 0 Å². The normalized spacial score (nSPS) is 23.8. The van der Waals surface area contributed by atoms with Crippen LogP contribution in [-0.4, -0.2) is 12.3 Å². The van der Waals surface area contributed by atoms with Crippen LogP contribution in [0.3, 0.4) is 0 Å². The average molecular weight is 859 g/mol. The van der Waals surface area contributed by atoms with Crippen LogP contribution in [0.2, 0.25) is 0 Å². The van der Waals surface area contributed by atoms with E-state index in [1.54, 1.807) is 31.8 Å². The molecule has 1 saturated heterocycles. The van der Waals surface area contributed by atoms with Crippen molar-refractivity contribution in [1.29, 1.82) is 0 Å². The lowest BCUT2D eigenvalue weighted by atomic mass is 10.0. The molecule has 1 aliphatic heterocycles. The summed E-state index contributed by atoms with van der Waals surface area (Å²) in [6.07, 6.45) is 20.7. The van der Waals surface area contributed by atoms with Gasteiger partial charge in [0.25, 0.3) is 0 Å². The largest absolute Gasteiger partial charge is 0.0622 e. The first-order valence-electron chi connectivity index (χ1n) is 21.4. The minimum atomic E-state index is -0.627. The summed E-state index contributed by atoms with van der Waals surface area (Å²) < 4.78 is 0. The van der Waals surface area contributed by atoms with Gasteiger partial charge in [-0.15, -0.1) is 0 Å². The zero-order chi connectivity index (χ0) is 38.7. The fraction of sp³-hybridized carbons (Fsp3) is 0.294. The number of benzene rings is 6. The highest BCUT2D eigenvalue weighted by Crippen LogP contribution is 3.05. The van der Waals surface area contributed by atoms with E-state index >= 15 is 0 Å². The van der Waals surface area contributed by atoms with E-state index in [2.05, 4.69) is 182 Å². The lowest BCUT2D eigenvalue weighted by Gasteiger charge is -2.45. The Morgan fingerprint density at radius 3 is 0.632 bits per heavy atom. The molecule has 0 saturated carbocycles. The van der Waals surface area contributed by atoms with Crippen LogP contribution in [0.25, 0.3) is 0 Å². The van der Waals surface area contributed by atoms with Gasteiger partial charge >= 0.3 is 0 Å². The van der Waals surface area contributed by atoms with E-state index in [0.29, 0.717) is 0 Å². The molecule has 0 bridgehead atoms. The highest BCUT2D eigenvalue weighted by molar-refractivity contribution is 8.96. The van der Waals surface area contributed by atoms with Crippen molar-refractivity contribution in [3.8, 4) is 0 Å². The van der Waals surface area contributed by atoms with Gasteiger partial charge in [-0.3, -0.25) is 0 Å². The Balaban J connectivity index is 1.47. The molecule has 6 heteroatoms.